The minimum absolute atomic E-state index is 0.00320. The van der Waals surface area contributed by atoms with Crippen LogP contribution in [0.3, 0.4) is 0 Å². The number of ether oxygens (including phenoxy) is 1. The summed E-state index contributed by atoms with van der Waals surface area (Å²) in [5.41, 5.74) is 1.26. The van der Waals surface area contributed by atoms with Crippen molar-refractivity contribution >= 4 is 22.6 Å². The molecule has 1 saturated heterocycles. The number of halogens is 4. The van der Waals surface area contributed by atoms with E-state index < -0.39 is 11.9 Å². The molecule has 2 aromatic rings. The Morgan fingerprint density at radius 2 is 1.87 bits per heavy atom. The van der Waals surface area contributed by atoms with Gasteiger partial charge in [0.15, 0.2) is 5.69 Å². The molecule has 3 nitrogen and oxygen atoms in total. The Hall–Kier alpha value is -1.22. The Labute approximate surface area is 195 Å². The van der Waals surface area contributed by atoms with Gasteiger partial charge in [0.1, 0.15) is 0 Å². The number of aryl methyl sites for hydroxylation is 1. The lowest BCUT2D eigenvalue weighted by Gasteiger charge is -2.46. The molecule has 2 aromatic heterocycles. The molecule has 7 heteroatoms. The van der Waals surface area contributed by atoms with Gasteiger partial charge in [0.05, 0.1) is 5.60 Å². The predicted molar refractivity (Wildman–Crippen MR) is 122 cm³/mol. The summed E-state index contributed by atoms with van der Waals surface area (Å²) in [6, 6.07) is 7.79. The van der Waals surface area contributed by atoms with Crippen LogP contribution >= 0.6 is 22.6 Å². The van der Waals surface area contributed by atoms with Crippen LogP contribution in [0.1, 0.15) is 74.7 Å². The van der Waals surface area contributed by atoms with Crippen LogP contribution in [0.5, 0.6) is 0 Å². The van der Waals surface area contributed by atoms with Gasteiger partial charge in [-0.2, -0.15) is 13.2 Å². The van der Waals surface area contributed by atoms with Crippen LogP contribution in [0.2, 0.25) is 0 Å². The van der Waals surface area contributed by atoms with Gasteiger partial charge in [-0.25, -0.2) is 0 Å². The largest absolute Gasteiger partial charge is 0.434 e. The molecular formula is C24H28F3IN2O. The van der Waals surface area contributed by atoms with E-state index in [4.69, 9.17) is 9.72 Å². The van der Waals surface area contributed by atoms with Crippen LogP contribution in [0.15, 0.2) is 36.7 Å². The fourth-order valence-electron chi connectivity index (χ4n) is 5.41. The van der Waals surface area contributed by atoms with E-state index in [2.05, 4.69) is 17.1 Å². The van der Waals surface area contributed by atoms with Crippen molar-refractivity contribution in [3.05, 3.63) is 57.2 Å². The van der Waals surface area contributed by atoms with Crippen LogP contribution in [0.4, 0.5) is 13.2 Å². The zero-order chi connectivity index (χ0) is 22.0. The summed E-state index contributed by atoms with van der Waals surface area (Å²) in [5.74, 6) is 0. The molecule has 0 bridgehead atoms. The summed E-state index contributed by atoms with van der Waals surface area (Å²) in [5, 5.41) is 0. The molecule has 31 heavy (non-hydrogen) atoms. The van der Waals surface area contributed by atoms with Crippen LogP contribution < -0.4 is 0 Å². The highest BCUT2D eigenvalue weighted by molar-refractivity contribution is 14.1. The number of aromatic nitrogens is 2. The van der Waals surface area contributed by atoms with Gasteiger partial charge in [-0.15, -0.1) is 0 Å². The van der Waals surface area contributed by atoms with Gasteiger partial charge in [-0.1, -0.05) is 25.3 Å². The number of pyridine rings is 2. The van der Waals surface area contributed by atoms with Crippen molar-refractivity contribution in [2.24, 2.45) is 0 Å². The van der Waals surface area contributed by atoms with E-state index in [-0.39, 0.29) is 14.6 Å². The standard InChI is InChI=1S/C24H28F3IN2O/c25-24(26,27)21-19(28)15-18(16-30-21)7-1-3-9-22(20-8-2-6-13-29-20)12-14-31-23(17-22)10-4-5-11-23/h2,6,8,13,15-16H,1,3-5,7,9-12,14,17H2. The molecule has 1 atom stereocenters. The summed E-state index contributed by atoms with van der Waals surface area (Å²) in [6.45, 7) is 0.775. The summed E-state index contributed by atoms with van der Waals surface area (Å²) in [7, 11) is 0. The first-order chi connectivity index (χ1) is 14.8. The molecule has 4 rings (SSSR count). The molecule has 1 spiro atoms. The number of nitrogens with zero attached hydrogens (tertiary/aromatic N) is 2. The third-order valence-electron chi connectivity index (χ3n) is 6.91. The van der Waals surface area contributed by atoms with Gasteiger partial charge in [0.2, 0.25) is 0 Å². The maximum absolute atomic E-state index is 12.9. The first-order valence-electron chi connectivity index (χ1n) is 11.1. The van der Waals surface area contributed by atoms with Crippen molar-refractivity contribution in [1.82, 2.24) is 9.97 Å². The van der Waals surface area contributed by atoms with E-state index in [1.165, 1.54) is 19.0 Å². The molecule has 1 unspecified atom stereocenters. The number of hydrogen-bond acceptors (Lipinski definition) is 3. The smallest absolute Gasteiger partial charge is 0.375 e. The fourth-order valence-corrected chi connectivity index (χ4v) is 6.26. The van der Waals surface area contributed by atoms with Gasteiger partial charge in [-0.05, 0) is 91.3 Å². The third kappa shape index (κ3) is 5.24. The first-order valence-corrected chi connectivity index (χ1v) is 12.2. The minimum atomic E-state index is -4.40. The Balaban J connectivity index is 1.42. The van der Waals surface area contributed by atoms with E-state index in [1.807, 2.05) is 12.3 Å². The highest BCUT2D eigenvalue weighted by Gasteiger charge is 2.48. The first kappa shape index (κ1) is 23.0. The number of hydrogen-bond donors (Lipinski definition) is 0. The monoisotopic (exact) mass is 544 g/mol. The second kappa shape index (κ2) is 9.33. The molecule has 0 radical (unpaired) electrons. The minimum Gasteiger partial charge on any atom is -0.375 e. The van der Waals surface area contributed by atoms with Crippen molar-refractivity contribution in [1.29, 1.82) is 0 Å². The molecule has 1 aliphatic heterocycles. The van der Waals surface area contributed by atoms with Gasteiger partial charge in [-0.3, -0.25) is 9.97 Å². The maximum Gasteiger partial charge on any atom is 0.434 e. The zero-order valence-electron chi connectivity index (χ0n) is 17.6. The molecule has 1 aliphatic carbocycles. The summed E-state index contributed by atoms with van der Waals surface area (Å²) in [6.07, 6.45) is 9.29. The lowest BCUT2D eigenvalue weighted by Crippen LogP contribution is -2.46. The lowest BCUT2D eigenvalue weighted by atomic mass is 9.67. The normalized spacial score (nSPS) is 23.4. The van der Waals surface area contributed by atoms with E-state index >= 15 is 0 Å². The van der Waals surface area contributed by atoms with Gasteiger partial charge < -0.3 is 4.74 Å². The molecule has 2 fully saturated rings. The number of unbranched alkanes of at least 4 members (excludes halogenated alkanes) is 1. The van der Waals surface area contributed by atoms with E-state index in [0.29, 0.717) is 0 Å². The molecule has 0 aromatic carbocycles. The van der Waals surface area contributed by atoms with E-state index in [1.54, 1.807) is 28.7 Å². The van der Waals surface area contributed by atoms with Crippen molar-refractivity contribution < 1.29 is 17.9 Å². The predicted octanol–water partition coefficient (Wildman–Crippen LogP) is 6.87. The molecular weight excluding hydrogens is 516 g/mol. The van der Waals surface area contributed by atoms with E-state index in [0.717, 1.165) is 69.2 Å². The summed E-state index contributed by atoms with van der Waals surface area (Å²) < 4.78 is 45.3. The van der Waals surface area contributed by atoms with Crippen LogP contribution in [0, 0.1) is 3.57 Å². The Morgan fingerprint density at radius 3 is 2.55 bits per heavy atom. The van der Waals surface area contributed by atoms with Crippen molar-refractivity contribution in [2.75, 3.05) is 6.61 Å². The number of alkyl halides is 3. The SMILES string of the molecule is FC(F)(F)c1ncc(CCCCC2(c3ccccn3)CCOC3(CCCC3)C2)cc1I. The Morgan fingerprint density at radius 1 is 1.06 bits per heavy atom. The topological polar surface area (TPSA) is 35.0 Å². The Kier molecular flexibility index (Phi) is 6.91. The van der Waals surface area contributed by atoms with Gasteiger partial charge in [0, 0.05) is 33.7 Å². The van der Waals surface area contributed by atoms with Crippen LogP contribution in [0.25, 0.3) is 0 Å². The summed E-state index contributed by atoms with van der Waals surface area (Å²) >= 11 is 1.73. The van der Waals surface area contributed by atoms with Crippen LogP contribution in [-0.2, 0) is 22.7 Å². The quantitative estimate of drug-likeness (QED) is 0.294. The van der Waals surface area contributed by atoms with Crippen molar-refractivity contribution in [3.63, 3.8) is 0 Å². The fraction of sp³-hybridized carbons (Fsp3) is 0.583. The van der Waals surface area contributed by atoms with Gasteiger partial charge >= 0.3 is 6.18 Å². The lowest BCUT2D eigenvalue weighted by molar-refractivity contribution is -0.141. The number of rotatable bonds is 6. The average molecular weight is 544 g/mol. The average Bonchev–Trinajstić information content (AvgIpc) is 3.18. The second-order valence-corrected chi connectivity index (χ2v) is 10.2. The Bertz CT molecular complexity index is 884. The van der Waals surface area contributed by atoms with Crippen molar-refractivity contribution in [3.8, 4) is 0 Å². The van der Waals surface area contributed by atoms with E-state index in [9.17, 15) is 13.2 Å². The van der Waals surface area contributed by atoms with Gasteiger partial charge in [0.25, 0.3) is 0 Å². The molecule has 2 aliphatic rings. The molecule has 0 N–H and O–H groups in total. The molecule has 3 heterocycles. The third-order valence-corrected chi connectivity index (χ3v) is 7.73. The highest BCUT2D eigenvalue weighted by atomic mass is 127. The zero-order valence-corrected chi connectivity index (χ0v) is 19.7. The summed E-state index contributed by atoms with van der Waals surface area (Å²) in [4.78, 5) is 8.41. The highest BCUT2D eigenvalue weighted by Crippen LogP contribution is 2.50. The second-order valence-electron chi connectivity index (χ2n) is 9.04. The molecule has 0 amide bonds. The molecule has 168 valence electrons. The van der Waals surface area contributed by atoms with Crippen LogP contribution in [-0.4, -0.2) is 22.2 Å². The maximum atomic E-state index is 12.9. The van der Waals surface area contributed by atoms with Crippen molar-refractivity contribution in [2.45, 2.75) is 81.4 Å². The molecule has 1 saturated carbocycles.